The number of amides is 2. The molecule has 2 N–H and O–H groups in total. The largest absolute Gasteiger partial charge is 0.484 e. The highest BCUT2D eigenvalue weighted by atomic mass is 35.5. The van der Waals surface area contributed by atoms with E-state index in [0.717, 1.165) is 25.1 Å². The summed E-state index contributed by atoms with van der Waals surface area (Å²) in [6.07, 6.45) is 2.03. The maximum Gasteiger partial charge on any atom is 0.276 e. The number of aryl methyl sites for hydroxylation is 1. The quantitative estimate of drug-likeness (QED) is 0.789. The molecular weight excluding hydrogens is 354 g/mol. The first-order valence-electron chi connectivity index (χ1n) is 8.41. The van der Waals surface area contributed by atoms with Crippen LogP contribution in [-0.2, 0) is 16.0 Å². The number of hydrogen-bond donors (Lipinski definition) is 2. The lowest BCUT2D eigenvalue weighted by Gasteiger charge is -2.30. The molecule has 0 bridgehead atoms. The van der Waals surface area contributed by atoms with Crippen LogP contribution < -0.4 is 20.5 Å². The molecule has 1 aliphatic rings. The Labute approximate surface area is 157 Å². The maximum atomic E-state index is 12.1. The summed E-state index contributed by atoms with van der Waals surface area (Å²) in [4.78, 5) is 25.9. The van der Waals surface area contributed by atoms with Crippen LogP contribution in [0.1, 0.15) is 12.0 Å². The molecule has 0 fully saturated rings. The molecule has 0 saturated heterocycles. The van der Waals surface area contributed by atoms with Gasteiger partial charge < -0.3 is 9.64 Å². The standard InChI is InChI=1S/C19H20ClN3O3/c20-15-7-9-16(10-8-15)26-13-19(25)22-21-18(24)12-23-11-3-5-14-4-1-2-6-17(14)23/h1-2,4,6-10H,3,5,11-13H2,(H,21,24)(H,22,25). The van der Waals surface area contributed by atoms with Crippen LogP contribution in [0.3, 0.4) is 0 Å². The van der Waals surface area contributed by atoms with E-state index in [2.05, 4.69) is 16.9 Å². The molecule has 0 atom stereocenters. The Morgan fingerprint density at radius 3 is 2.58 bits per heavy atom. The van der Waals surface area contributed by atoms with Crippen molar-refractivity contribution < 1.29 is 14.3 Å². The Kier molecular flexibility index (Phi) is 5.96. The maximum absolute atomic E-state index is 12.1. The third-order valence-corrected chi connectivity index (χ3v) is 4.32. The summed E-state index contributed by atoms with van der Waals surface area (Å²) in [6, 6.07) is 14.7. The average molecular weight is 374 g/mol. The zero-order valence-electron chi connectivity index (χ0n) is 14.2. The van der Waals surface area contributed by atoms with E-state index in [1.165, 1.54) is 5.56 Å². The van der Waals surface area contributed by atoms with Crippen molar-refractivity contribution in [1.82, 2.24) is 10.9 Å². The minimum atomic E-state index is -0.438. The van der Waals surface area contributed by atoms with Crippen molar-refractivity contribution in [2.75, 3.05) is 24.6 Å². The van der Waals surface area contributed by atoms with Gasteiger partial charge in [0.2, 0.25) is 0 Å². The molecule has 1 heterocycles. The fourth-order valence-electron chi connectivity index (χ4n) is 2.84. The van der Waals surface area contributed by atoms with Crippen molar-refractivity contribution in [3.8, 4) is 5.75 Å². The van der Waals surface area contributed by atoms with Gasteiger partial charge in [0.15, 0.2) is 6.61 Å². The van der Waals surface area contributed by atoms with Crippen molar-refractivity contribution >= 4 is 29.1 Å². The van der Waals surface area contributed by atoms with Crippen LogP contribution in [0, 0.1) is 0 Å². The first-order chi connectivity index (χ1) is 12.6. The summed E-state index contributed by atoms with van der Waals surface area (Å²) in [7, 11) is 0. The molecule has 0 aliphatic carbocycles. The van der Waals surface area contributed by atoms with Gasteiger partial charge in [0.05, 0.1) is 6.54 Å². The molecule has 3 rings (SSSR count). The number of carbonyl (C=O) groups excluding carboxylic acids is 2. The van der Waals surface area contributed by atoms with Crippen molar-refractivity contribution in [3.63, 3.8) is 0 Å². The third-order valence-electron chi connectivity index (χ3n) is 4.07. The molecule has 6 nitrogen and oxygen atoms in total. The predicted octanol–water partition coefficient (Wildman–Crippen LogP) is 2.32. The number of nitrogens with zero attached hydrogens (tertiary/aromatic N) is 1. The number of carbonyl (C=O) groups is 2. The predicted molar refractivity (Wildman–Crippen MR) is 100 cm³/mol. The van der Waals surface area contributed by atoms with Crippen LogP contribution in [0.5, 0.6) is 5.75 Å². The number of fused-ring (bicyclic) bond motifs is 1. The summed E-state index contributed by atoms with van der Waals surface area (Å²) < 4.78 is 5.32. The van der Waals surface area contributed by atoms with Gasteiger partial charge in [-0.25, -0.2) is 0 Å². The number of hydrazine groups is 1. The fourth-order valence-corrected chi connectivity index (χ4v) is 2.97. The van der Waals surface area contributed by atoms with Gasteiger partial charge in [-0.1, -0.05) is 29.8 Å². The molecule has 0 saturated carbocycles. The topological polar surface area (TPSA) is 70.7 Å². The van der Waals surface area contributed by atoms with E-state index in [9.17, 15) is 9.59 Å². The van der Waals surface area contributed by atoms with Crippen LogP contribution >= 0.6 is 11.6 Å². The second-order valence-electron chi connectivity index (χ2n) is 5.99. The molecular formula is C19H20ClN3O3. The number of hydrogen-bond acceptors (Lipinski definition) is 4. The molecule has 0 radical (unpaired) electrons. The van der Waals surface area contributed by atoms with Gasteiger partial charge in [-0.2, -0.15) is 0 Å². The highest BCUT2D eigenvalue weighted by molar-refractivity contribution is 6.30. The number of halogens is 1. The highest BCUT2D eigenvalue weighted by Gasteiger charge is 2.18. The third kappa shape index (κ3) is 4.89. The van der Waals surface area contributed by atoms with E-state index in [-0.39, 0.29) is 19.1 Å². The zero-order chi connectivity index (χ0) is 18.4. The minimum absolute atomic E-state index is 0.190. The molecule has 136 valence electrons. The number of ether oxygens (including phenoxy) is 1. The Bertz CT molecular complexity index is 780. The minimum Gasteiger partial charge on any atom is -0.484 e. The Hall–Kier alpha value is -2.73. The smallest absolute Gasteiger partial charge is 0.276 e. The lowest BCUT2D eigenvalue weighted by molar-refractivity contribution is -0.129. The van der Waals surface area contributed by atoms with Gasteiger partial charge in [-0.05, 0) is 48.7 Å². The van der Waals surface area contributed by atoms with E-state index in [0.29, 0.717) is 10.8 Å². The molecule has 0 spiro atoms. The van der Waals surface area contributed by atoms with Crippen LogP contribution in [0.4, 0.5) is 5.69 Å². The Morgan fingerprint density at radius 1 is 1.04 bits per heavy atom. The second-order valence-corrected chi connectivity index (χ2v) is 6.43. The number of benzene rings is 2. The van der Waals surface area contributed by atoms with Crippen molar-refractivity contribution in [3.05, 3.63) is 59.1 Å². The highest BCUT2D eigenvalue weighted by Crippen LogP contribution is 2.26. The lowest BCUT2D eigenvalue weighted by atomic mass is 10.0. The zero-order valence-corrected chi connectivity index (χ0v) is 15.0. The van der Waals surface area contributed by atoms with Gasteiger partial charge in [-0.3, -0.25) is 20.4 Å². The number of para-hydroxylation sites is 1. The van der Waals surface area contributed by atoms with Gasteiger partial charge in [-0.15, -0.1) is 0 Å². The molecule has 0 aromatic heterocycles. The fraction of sp³-hybridized carbons (Fsp3) is 0.263. The van der Waals surface area contributed by atoms with E-state index in [1.807, 2.05) is 23.1 Å². The molecule has 2 amide bonds. The number of nitrogens with one attached hydrogen (secondary N) is 2. The van der Waals surface area contributed by atoms with Gasteiger partial charge in [0.25, 0.3) is 11.8 Å². The summed E-state index contributed by atoms with van der Waals surface area (Å²) in [5, 5.41) is 0.591. The van der Waals surface area contributed by atoms with E-state index in [4.69, 9.17) is 16.3 Å². The van der Waals surface area contributed by atoms with Crippen LogP contribution in [0.15, 0.2) is 48.5 Å². The van der Waals surface area contributed by atoms with E-state index in [1.54, 1.807) is 24.3 Å². The first-order valence-corrected chi connectivity index (χ1v) is 8.78. The Balaban J connectivity index is 1.43. The molecule has 1 aliphatic heterocycles. The van der Waals surface area contributed by atoms with Crippen LogP contribution in [0.2, 0.25) is 5.02 Å². The number of anilines is 1. The monoisotopic (exact) mass is 373 g/mol. The van der Waals surface area contributed by atoms with E-state index < -0.39 is 5.91 Å². The average Bonchev–Trinajstić information content (AvgIpc) is 2.66. The molecule has 7 heteroatoms. The second kappa shape index (κ2) is 8.58. The molecule has 26 heavy (non-hydrogen) atoms. The van der Waals surface area contributed by atoms with Crippen molar-refractivity contribution in [1.29, 1.82) is 0 Å². The lowest BCUT2D eigenvalue weighted by Crippen LogP contribution is -2.48. The summed E-state index contributed by atoms with van der Waals surface area (Å²) in [5.74, 6) is -0.185. The van der Waals surface area contributed by atoms with Crippen molar-refractivity contribution in [2.24, 2.45) is 0 Å². The summed E-state index contributed by atoms with van der Waals surface area (Å²) in [5.41, 5.74) is 7.10. The summed E-state index contributed by atoms with van der Waals surface area (Å²) in [6.45, 7) is 0.807. The normalized spacial score (nSPS) is 12.9. The Morgan fingerprint density at radius 2 is 1.77 bits per heavy atom. The van der Waals surface area contributed by atoms with Crippen molar-refractivity contribution in [2.45, 2.75) is 12.8 Å². The van der Waals surface area contributed by atoms with Gasteiger partial charge in [0, 0.05) is 17.3 Å². The summed E-state index contributed by atoms with van der Waals surface area (Å²) >= 11 is 5.78. The number of rotatable bonds is 5. The van der Waals surface area contributed by atoms with Crippen LogP contribution in [-0.4, -0.2) is 31.5 Å². The SMILES string of the molecule is O=C(COc1ccc(Cl)cc1)NNC(=O)CN1CCCc2ccccc21. The van der Waals surface area contributed by atoms with Crippen LogP contribution in [0.25, 0.3) is 0 Å². The van der Waals surface area contributed by atoms with Gasteiger partial charge in [0.1, 0.15) is 5.75 Å². The van der Waals surface area contributed by atoms with E-state index >= 15 is 0 Å². The van der Waals surface area contributed by atoms with Gasteiger partial charge >= 0.3 is 0 Å². The molecule has 2 aromatic rings. The molecule has 0 unspecified atom stereocenters. The molecule has 2 aromatic carbocycles. The first kappa shape index (κ1) is 18.1.